The van der Waals surface area contributed by atoms with Crippen LogP contribution in [-0.2, 0) is 14.3 Å². The highest BCUT2D eigenvalue weighted by atomic mass is 16.7. The first-order valence-electron chi connectivity index (χ1n) is 7.27. The molecule has 0 aromatic rings. The molecule has 0 aromatic carbocycles. The summed E-state index contributed by atoms with van der Waals surface area (Å²) in [5, 5.41) is 12.0. The van der Waals surface area contributed by atoms with E-state index in [1.54, 1.807) is 4.90 Å². The van der Waals surface area contributed by atoms with Crippen molar-refractivity contribution in [1.29, 1.82) is 5.26 Å². The minimum absolute atomic E-state index is 0.0817. The zero-order valence-corrected chi connectivity index (χ0v) is 13.2. The number of nitrogens with one attached hydrogen (secondary N) is 1. The van der Waals surface area contributed by atoms with E-state index in [0.717, 1.165) is 19.6 Å². The molecular weight excluding hydrogens is 286 g/mol. The molecular formula is C14H25N5O3. The molecule has 1 aliphatic heterocycles. The number of nitriles is 1. The summed E-state index contributed by atoms with van der Waals surface area (Å²) in [4.78, 5) is 16.2. The summed E-state index contributed by atoms with van der Waals surface area (Å²) < 4.78 is 10.0. The molecule has 0 atom stereocenters. The van der Waals surface area contributed by atoms with Gasteiger partial charge in [-0.25, -0.2) is 0 Å². The van der Waals surface area contributed by atoms with Gasteiger partial charge in [-0.3, -0.25) is 9.69 Å². The van der Waals surface area contributed by atoms with Gasteiger partial charge in [0.25, 0.3) is 5.91 Å². The second-order valence-electron chi connectivity index (χ2n) is 4.90. The fraction of sp³-hybridized carbons (Fsp3) is 0.714. The molecule has 0 aromatic heterocycles. The summed E-state index contributed by atoms with van der Waals surface area (Å²) in [5.41, 5.74) is 5.60. The van der Waals surface area contributed by atoms with Crippen LogP contribution in [0.1, 0.15) is 0 Å². The topological polar surface area (TPSA) is 104 Å². The smallest absolute Gasteiger partial charge is 0.266 e. The van der Waals surface area contributed by atoms with Crippen LogP contribution in [-0.4, -0.2) is 82.0 Å². The molecule has 0 saturated carbocycles. The van der Waals surface area contributed by atoms with Gasteiger partial charge in [-0.05, 0) is 0 Å². The maximum Gasteiger partial charge on any atom is 0.266 e. The van der Waals surface area contributed by atoms with Crippen molar-refractivity contribution in [2.45, 2.75) is 6.29 Å². The fourth-order valence-electron chi connectivity index (χ4n) is 2.19. The molecule has 1 heterocycles. The molecule has 0 aliphatic carbocycles. The number of amides is 1. The predicted molar refractivity (Wildman–Crippen MR) is 81.6 cm³/mol. The molecule has 22 heavy (non-hydrogen) atoms. The molecule has 1 amide bonds. The number of hydrogen-bond acceptors (Lipinski definition) is 7. The fourth-order valence-corrected chi connectivity index (χ4v) is 2.19. The van der Waals surface area contributed by atoms with Crippen molar-refractivity contribution in [3.63, 3.8) is 0 Å². The van der Waals surface area contributed by atoms with E-state index >= 15 is 0 Å². The molecule has 1 saturated heterocycles. The van der Waals surface area contributed by atoms with E-state index in [1.165, 1.54) is 20.4 Å². The maximum absolute atomic E-state index is 12.3. The van der Waals surface area contributed by atoms with Gasteiger partial charge in [-0.1, -0.05) is 0 Å². The van der Waals surface area contributed by atoms with Crippen molar-refractivity contribution in [3.05, 3.63) is 11.8 Å². The van der Waals surface area contributed by atoms with E-state index in [4.69, 9.17) is 20.5 Å². The Balaban J connectivity index is 2.49. The van der Waals surface area contributed by atoms with E-state index < -0.39 is 6.29 Å². The molecule has 1 fully saturated rings. The van der Waals surface area contributed by atoms with Crippen LogP contribution in [0, 0.1) is 11.3 Å². The largest absolute Gasteiger partial charge is 0.385 e. The SMILES string of the molecule is COC(CN/C=C(/C#N)C(=O)N1CCN(CCN)CC1)OC. The Bertz CT molecular complexity index is 409. The zero-order chi connectivity index (χ0) is 16.4. The normalized spacial score (nSPS) is 16.7. The number of piperazine rings is 1. The Morgan fingerprint density at radius 2 is 2.00 bits per heavy atom. The lowest BCUT2D eigenvalue weighted by atomic mass is 10.2. The number of nitrogens with zero attached hydrogens (tertiary/aromatic N) is 3. The van der Waals surface area contributed by atoms with E-state index in [1.807, 2.05) is 6.07 Å². The number of carbonyl (C=O) groups excluding carboxylic acids is 1. The Hall–Kier alpha value is -1.66. The summed E-state index contributed by atoms with van der Waals surface area (Å²) in [7, 11) is 3.05. The highest BCUT2D eigenvalue weighted by molar-refractivity contribution is 5.97. The van der Waals surface area contributed by atoms with Crippen LogP contribution < -0.4 is 11.1 Å². The molecule has 8 heteroatoms. The average molecular weight is 311 g/mol. The summed E-state index contributed by atoms with van der Waals surface area (Å²) in [6, 6.07) is 1.94. The minimum Gasteiger partial charge on any atom is -0.385 e. The first kappa shape index (κ1) is 18.4. The summed E-state index contributed by atoms with van der Waals surface area (Å²) in [5.74, 6) is -0.256. The molecule has 8 nitrogen and oxygen atoms in total. The van der Waals surface area contributed by atoms with Crippen LogP contribution in [0.5, 0.6) is 0 Å². The van der Waals surface area contributed by atoms with E-state index in [9.17, 15) is 4.79 Å². The van der Waals surface area contributed by atoms with Crippen molar-refractivity contribution in [2.24, 2.45) is 5.73 Å². The Labute approximate surface area is 131 Å². The van der Waals surface area contributed by atoms with Crippen molar-refractivity contribution in [3.8, 4) is 6.07 Å². The van der Waals surface area contributed by atoms with Gasteiger partial charge in [-0.2, -0.15) is 5.26 Å². The van der Waals surface area contributed by atoms with Crippen LogP contribution in [0.2, 0.25) is 0 Å². The summed E-state index contributed by atoms with van der Waals surface area (Å²) in [6.07, 6.45) is 0.991. The average Bonchev–Trinajstić information content (AvgIpc) is 2.56. The third-order valence-corrected chi connectivity index (χ3v) is 3.51. The number of rotatable bonds is 8. The van der Waals surface area contributed by atoms with Gasteiger partial charge in [0.1, 0.15) is 11.6 Å². The molecule has 1 aliphatic rings. The number of ether oxygens (including phenoxy) is 2. The number of hydrogen-bond donors (Lipinski definition) is 2. The van der Waals surface area contributed by atoms with Gasteiger partial charge < -0.3 is 25.4 Å². The Kier molecular flexibility index (Phi) is 8.47. The van der Waals surface area contributed by atoms with Crippen molar-refractivity contribution in [2.75, 3.05) is 60.0 Å². The van der Waals surface area contributed by atoms with Gasteiger partial charge in [0.05, 0.1) is 6.54 Å². The number of carbonyl (C=O) groups is 1. The molecule has 0 spiro atoms. The zero-order valence-electron chi connectivity index (χ0n) is 13.2. The van der Waals surface area contributed by atoms with Crippen LogP contribution >= 0.6 is 0 Å². The molecule has 1 rings (SSSR count). The van der Waals surface area contributed by atoms with Crippen LogP contribution in [0.3, 0.4) is 0 Å². The van der Waals surface area contributed by atoms with E-state index in [-0.39, 0.29) is 11.5 Å². The lowest BCUT2D eigenvalue weighted by Gasteiger charge is -2.34. The third kappa shape index (κ3) is 5.61. The van der Waals surface area contributed by atoms with E-state index in [2.05, 4.69) is 10.2 Å². The maximum atomic E-state index is 12.3. The van der Waals surface area contributed by atoms with Gasteiger partial charge in [0.2, 0.25) is 0 Å². The quantitative estimate of drug-likeness (QED) is 0.326. The highest BCUT2D eigenvalue weighted by Crippen LogP contribution is 2.06. The third-order valence-electron chi connectivity index (χ3n) is 3.51. The summed E-state index contributed by atoms with van der Waals surface area (Å²) in [6.45, 7) is 4.58. The monoisotopic (exact) mass is 311 g/mol. The molecule has 0 unspecified atom stereocenters. The minimum atomic E-state index is -0.425. The summed E-state index contributed by atoms with van der Waals surface area (Å²) >= 11 is 0. The van der Waals surface area contributed by atoms with Crippen LogP contribution in [0.25, 0.3) is 0 Å². The van der Waals surface area contributed by atoms with Crippen molar-refractivity contribution < 1.29 is 14.3 Å². The van der Waals surface area contributed by atoms with Gasteiger partial charge in [-0.15, -0.1) is 0 Å². The lowest BCUT2D eigenvalue weighted by molar-refractivity contribution is -0.128. The molecule has 0 bridgehead atoms. The van der Waals surface area contributed by atoms with Crippen molar-refractivity contribution >= 4 is 5.91 Å². The predicted octanol–water partition coefficient (Wildman–Crippen LogP) is -1.29. The highest BCUT2D eigenvalue weighted by Gasteiger charge is 2.23. The molecule has 124 valence electrons. The first-order valence-corrected chi connectivity index (χ1v) is 7.27. The van der Waals surface area contributed by atoms with Gasteiger partial charge >= 0.3 is 0 Å². The standard InChI is InChI=1S/C14H25N5O3/c1-21-13(22-2)11-17-10-12(9-16)14(20)19-7-5-18(4-3-15)6-8-19/h10,13,17H,3-8,11,15H2,1-2H3/b12-10-. The first-order chi connectivity index (χ1) is 10.7. The molecule has 0 radical (unpaired) electrons. The van der Waals surface area contributed by atoms with Crippen LogP contribution in [0.15, 0.2) is 11.8 Å². The lowest BCUT2D eigenvalue weighted by Crippen LogP contribution is -2.50. The molecule has 3 N–H and O–H groups in total. The van der Waals surface area contributed by atoms with Crippen molar-refractivity contribution in [1.82, 2.24) is 15.1 Å². The van der Waals surface area contributed by atoms with Gasteiger partial charge in [0, 0.05) is 59.7 Å². The number of methoxy groups -OCH3 is 2. The second-order valence-corrected chi connectivity index (χ2v) is 4.90. The van der Waals surface area contributed by atoms with Crippen LogP contribution in [0.4, 0.5) is 0 Å². The number of nitrogens with two attached hydrogens (primary N) is 1. The Morgan fingerprint density at radius 1 is 1.36 bits per heavy atom. The van der Waals surface area contributed by atoms with E-state index in [0.29, 0.717) is 26.2 Å². The second kappa shape index (κ2) is 10.1. The Morgan fingerprint density at radius 3 is 2.50 bits per heavy atom. The van der Waals surface area contributed by atoms with Gasteiger partial charge in [0.15, 0.2) is 6.29 Å².